The molecule has 168 valence electrons. The van der Waals surface area contributed by atoms with Crippen LogP contribution in [-0.2, 0) is 18.3 Å². The molecule has 1 aliphatic carbocycles. The van der Waals surface area contributed by atoms with E-state index in [4.69, 9.17) is 4.99 Å². The van der Waals surface area contributed by atoms with Crippen LogP contribution in [0.5, 0.6) is 0 Å². The van der Waals surface area contributed by atoms with Gasteiger partial charge in [0.25, 0.3) is 0 Å². The highest BCUT2D eigenvalue weighted by Gasteiger charge is 2.68. The van der Waals surface area contributed by atoms with Gasteiger partial charge < -0.3 is 5.32 Å². The Bertz CT molecular complexity index is 1060. The summed E-state index contributed by atoms with van der Waals surface area (Å²) >= 11 is 0. The third-order valence-corrected chi connectivity index (χ3v) is 7.50. The van der Waals surface area contributed by atoms with Crippen LogP contribution < -0.4 is 5.32 Å². The number of rotatable bonds is 7. The van der Waals surface area contributed by atoms with Crippen LogP contribution >= 0.6 is 0 Å². The molecule has 4 rings (SSSR count). The third-order valence-electron chi connectivity index (χ3n) is 7.50. The smallest absolute Gasteiger partial charge is 0.133 e. The van der Waals surface area contributed by atoms with Crippen molar-refractivity contribution in [1.82, 2.24) is 0 Å². The summed E-state index contributed by atoms with van der Waals surface area (Å²) in [5.41, 5.74) is 7.27. The fraction of sp³-hybridized carbons (Fsp3) is 0.517. The van der Waals surface area contributed by atoms with Gasteiger partial charge in [0.05, 0.1) is 17.2 Å². The van der Waals surface area contributed by atoms with E-state index in [1.165, 1.54) is 22.3 Å². The van der Waals surface area contributed by atoms with Gasteiger partial charge in [-0.05, 0) is 72.8 Å². The first kappa shape index (κ1) is 22.6. The van der Waals surface area contributed by atoms with Crippen molar-refractivity contribution in [3.05, 3.63) is 64.2 Å². The second-order valence-electron chi connectivity index (χ2n) is 10.6. The molecule has 0 aromatic heterocycles. The Hall–Kier alpha value is -2.60. The average molecular weight is 428 g/mol. The first-order chi connectivity index (χ1) is 15.3. The maximum atomic E-state index is 9.66. The van der Waals surface area contributed by atoms with E-state index in [2.05, 4.69) is 89.3 Å². The van der Waals surface area contributed by atoms with Crippen molar-refractivity contribution in [3.8, 4) is 6.07 Å². The SMILES string of the molecule is CCC12C[C@]1(CC)N=C(Nc1c(CC(C)C)cc(C#N)cc1CC(C)C)c1ccccc12. The molecule has 0 radical (unpaired) electrons. The van der Waals surface area contributed by atoms with Gasteiger partial charge in [0, 0.05) is 16.7 Å². The number of nitrogens with one attached hydrogen (secondary N) is 1. The van der Waals surface area contributed by atoms with Crippen LogP contribution in [0.3, 0.4) is 0 Å². The van der Waals surface area contributed by atoms with Gasteiger partial charge in [0.2, 0.25) is 0 Å². The minimum atomic E-state index is 0.0153. The number of fused-ring (bicyclic) bond motifs is 3. The minimum absolute atomic E-state index is 0.0153. The van der Waals surface area contributed by atoms with E-state index in [0.717, 1.165) is 49.2 Å². The highest BCUT2D eigenvalue weighted by atomic mass is 15.1. The summed E-state index contributed by atoms with van der Waals surface area (Å²) in [5, 5.41) is 13.5. The topological polar surface area (TPSA) is 48.2 Å². The molecule has 0 amide bonds. The molecule has 2 atom stereocenters. The lowest BCUT2D eigenvalue weighted by atomic mass is 9.81. The highest BCUT2D eigenvalue weighted by molar-refractivity contribution is 6.11. The maximum Gasteiger partial charge on any atom is 0.133 e. The maximum absolute atomic E-state index is 9.66. The number of anilines is 1. The quantitative estimate of drug-likeness (QED) is 0.516. The molecule has 0 spiro atoms. The van der Waals surface area contributed by atoms with Gasteiger partial charge in [-0.2, -0.15) is 5.26 Å². The summed E-state index contributed by atoms with van der Waals surface area (Å²) in [5.74, 6) is 2.02. The number of hydrogen-bond acceptors (Lipinski definition) is 3. The molecule has 1 unspecified atom stereocenters. The van der Waals surface area contributed by atoms with E-state index in [-0.39, 0.29) is 11.0 Å². The fourth-order valence-electron chi connectivity index (χ4n) is 5.92. The molecule has 3 nitrogen and oxygen atoms in total. The third kappa shape index (κ3) is 3.64. The molecule has 1 fully saturated rings. The molecule has 1 heterocycles. The van der Waals surface area contributed by atoms with Crippen LogP contribution in [0, 0.1) is 23.2 Å². The van der Waals surface area contributed by atoms with Gasteiger partial charge >= 0.3 is 0 Å². The van der Waals surface area contributed by atoms with Crippen LogP contribution in [0.2, 0.25) is 0 Å². The normalized spacial score (nSPS) is 23.4. The summed E-state index contributed by atoms with van der Waals surface area (Å²) in [4.78, 5) is 5.41. The number of nitrogens with zero attached hydrogens (tertiary/aromatic N) is 2. The molecular weight excluding hydrogens is 390 g/mol. The number of hydrogen-bond donors (Lipinski definition) is 1. The fourth-order valence-corrected chi connectivity index (χ4v) is 5.92. The van der Waals surface area contributed by atoms with Gasteiger partial charge in [-0.25, -0.2) is 0 Å². The predicted octanol–water partition coefficient (Wildman–Crippen LogP) is 7.03. The molecule has 0 bridgehead atoms. The van der Waals surface area contributed by atoms with E-state index in [9.17, 15) is 5.26 Å². The average Bonchev–Trinajstić information content (AvgIpc) is 3.45. The molecule has 0 saturated heterocycles. The standard InChI is InChI=1S/C29H37N3/c1-7-28-18-29(28,8-2)32-27(24-11-9-10-12-25(24)28)31-26-22(13-19(3)4)15-21(17-30)16-23(26)14-20(5)6/h9-12,15-16,19-20H,7-8,13-14,18H2,1-6H3,(H,31,32)/t28?,29-/m0/s1. The minimum Gasteiger partial charge on any atom is -0.340 e. The molecule has 2 aliphatic rings. The lowest BCUT2D eigenvalue weighted by Crippen LogP contribution is -2.33. The predicted molar refractivity (Wildman–Crippen MR) is 134 cm³/mol. The second-order valence-corrected chi connectivity index (χ2v) is 10.6. The van der Waals surface area contributed by atoms with Crippen molar-refractivity contribution in [2.24, 2.45) is 16.8 Å². The molecule has 1 saturated carbocycles. The van der Waals surface area contributed by atoms with Crippen molar-refractivity contribution in [2.75, 3.05) is 5.32 Å². The van der Waals surface area contributed by atoms with E-state index in [0.29, 0.717) is 11.8 Å². The van der Waals surface area contributed by atoms with E-state index in [1.54, 1.807) is 0 Å². The second kappa shape index (κ2) is 8.39. The van der Waals surface area contributed by atoms with E-state index in [1.807, 2.05) is 0 Å². The van der Waals surface area contributed by atoms with Gasteiger partial charge in [-0.3, -0.25) is 4.99 Å². The Labute approximate surface area is 194 Å². The largest absolute Gasteiger partial charge is 0.340 e. The molecule has 1 aliphatic heterocycles. The lowest BCUT2D eigenvalue weighted by molar-refractivity contribution is 0.498. The van der Waals surface area contributed by atoms with Crippen molar-refractivity contribution in [3.63, 3.8) is 0 Å². The Morgan fingerprint density at radius 2 is 1.62 bits per heavy atom. The molecule has 32 heavy (non-hydrogen) atoms. The van der Waals surface area contributed by atoms with Crippen LogP contribution in [0.25, 0.3) is 0 Å². The highest BCUT2D eigenvalue weighted by Crippen LogP contribution is 2.66. The Balaban J connectivity index is 1.86. The molecule has 2 aromatic carbocycles. The van der Waals surface area contributed by atoms with Crippen LogP contribution in [0.4, 0.5) is 5.69 Å². The van der Waals surface area contributed by atoms with Crippen molar-refractivity contribution < 1.29 is 0 Å². The summed E-state index contributed by atoms with van der Waals surface area (Å²) < 4.78 is 0. The first-order valence-electron chi connectivity index (χ1n) is 12.3. The van der Waals surface area contributed by atoms with Gasteiger partial charge in [-0.15, -0.1) is 0 Å². The summed E-state index contributed by atoms with van der Waals surface area (Å²) in [6.07, 6.45) is 5.21. The number of nitriles is 1. The Morgan fingerprint density at radius 1 is 1.00 bits per heavy atom. The number of benzene rings is 2. The summed E-state index contributed by atoms with van der Waals surface area (Å²) in [6, 6.07) is 15.4. The lowest BCUT2D eigenvalue weighted by Gasteiger charge is -2.31. The number of aliphatic imine (C=N–C) groups is 1. The zero-order valence-electron chi connectivity index (χ0n) is 20.5. The van der Waals surface area contributed by atoms with E-state index < -0.39 is 0 Å². The monoisotopic (exact) mass is 427 g/mol. The summed E-state index contributed by atoms with van der Waals surface area (Å²) in [7, 11) is 0. The van der Waals surface area contributed by atoms with E-state index >= 15 is 0 Å². The summed E-state index contributed by atoms with van der Waals surface area (Å²) in [6.45, 7) is 13.6. The van der Waals surface area contributed by atoms with Crippen LogP contribution in [-0.4, -0.2) is 11.4 Å². The van der Waals surface area contributed by atoms with Gasteiger partial charge in [-0.1, -0.05) is 65.8 Å². The zero-order valence-corrected chi connectivity index (χ0v) is 20.5. The Kier molecular flexibility index (Phi) is 5.93. The molecule has 3 heteroatoms. The molecular formula is C29H37N3. The molecule has 1 N–H and O–H groups in total. The van der Waals surface area contributed by atoms with Gasteiger partial charge in [0.1, 0.15) is 5.84 Å². The zero-order chi connectivity index (χ0) is 23.1. The van der Waals surface area contributed by atoms with Crippen molar-refractivity contribution in [1.29, 1.82) is 5.26 Å². The van der Waals surface area contributed by atoms with Crippen molar-refractivity contribution >= 4 is 11.5 Å². The van der Waals surface area contributed by atoms with Crippen LogP contribution in [0.1, 0.15) is 88.6 Å². The van der Waals surface area contributed by atoms with Gasteiger partial charge in [0.15, 0.2) is 0 Å². The van der Waals surface area contributed by atoms with Crippen molar-refractivity contribution in [2.45, 2.75) is 84.6 Å². The first-order valence-corrected chi connectivity index (χ1v) is 12.3. The van der Waals surface area contributed by atoms with Crippen LogP contribution in [0.15, 0.2) is 41.4 Å². The molecule has 2 aromatic rings. The Morgan fingerprint density at radius 3 is 2.16 bits per heavy atom. The number of amidine groups is 1.